The van der Waals surface area contributed by atoms with Crippen LogP contribution >= 0.6 is 12.2 Å². The van der Waals surface area contributed by atoms with Crippen molar-refractivity contribution in [1.82, 2.24) is 9.62 Å². The number of benzene rings is 2. The Kier molecular flexibility index (Phi) is 5.93. The second-order valence-electron chi connectivity index (χ2n) is 5.61. The van der Waals surface area contributed by atoms with E-state index < -0.39 is 10.0 Å². The van der Waals surface area contributed by atoms with E-state index in [0.29, 0.717) is 17.3 Å². The minimum absolute atomic E-state index is 0.221. The van der Waals surface area contributed by atoms with Gasteiger partial charge in [-0.15, -0.1) is 0 Å². The molecule has 0 saturated carbocycles. The minimum atomic E-state index is -3.46. The number of nitrogens with zero attached hydrogens (tertiary/aromatic N) is 1. The van der Waals surface area contributed by atoms with Gasteiger partial charge in [-0.2, -0.15) is 0 Å². The molecule has 0 spiro atoms. The number of aryl methyl sites for hydroxylation is 1. The first-order valence-electron chi connectivity index (χ1n) is 7.42. The molecule has 2 N–H and O–H groups in total. The molecule has 0 saturated heterocycles. The minimum Gasteiger partial charge on any atom is -0.358 e. The molecule has 0 aliphatic rings. The van der Waals surface area contributed by atoms with E-state index in [1.165, 1.54) is 24.0 Å². The lowest BCUT2D eigenvalue weighted by Crippen LogP contribution is -2.28. The Labute approximate surface area is 148 Å². The standard InChI is InChI=1S/C17H21N3O2S2/c1-13-7-9-14(10-8-13)12-18-17(23)19-15-5-4-6-16(11-15)24(21,22)20(2)3/h4-11H,12H2,1-3H3,(H2,18,19,23). The molecule has 0 heterocycles. The zero-order valence-corrected chi connectivity index (χ0v) is 15.5. The summed E-state index contributed by atoms with van der Waals surface area (Å²) in [4.78, 5) is 0.221. The molecule has 0 fully saturated rings. The molecule has 2 rings (SSSR count). The summed E-state index contributed by atoms with van der Waals surface area (Å²) in [5.74, 6) is 0. The van der Waals surface area contributed by atoms with Gasteiger partial charge in [0.25, 0.3) is 0 Å². The maximum absolute atomic E-state index is 12.2. The SMILES string of the molecule is Cc1ccc(CNC(=S)Nc2cccc(S(=O)(=O)N(C)C)c2)cc1. The Morgan fingerprint density at radius 2 is 1.79 bits per heavy atom. The van der Waals surface area contributed by atoms with Crippen LogP contribution in [-0.4, -0.2) is 31.9 Å². The molecule has 0 aliphatic heterocycles. The molecule has 24 heavy (non-hydrogen) atoms. The topological polar surface area (TPSA) is 61.4 Å². The maximum Gasteiger partial charge on any atom is 0.242 e. The Hall–Kier alpha value is -1.96. The third-order valence-corrected chi connectivity index (χ3v) is 5.50. The average Bonchev–Trinajstić information content (AvgIpc) is 2.54. The molecule has 0 atom stereocenters. The highest BCUT2D eigenvalue weighted by molar-refractivity contribution is 7.89. The number of sulfonamides is 1. The van der Waals surface area contributed by atoms with E-state index in [0.717, 1.165) is 5.56 Å². The second kappa shape index (κ2) is 7.74. The van der Waals surface area contributed by atoms with Crippen molar-refractivity contribution in [3.63, 3.8) is 0 Å². The van der Waals surface area contributed by atoms with Crippen molar-refractivity contribution in [1.29, 1.82) is 0 Å². The third kappa shape index (κ3) is 4.77. The predicted molar refractivity (Wildman–Crippen MR) is 102 cm³/mol. The molecular formula is C17H21N3O2S2. The van der Waals surface area contributed by atoms with Crippen molar-refractivity contribution >= 4 is 33.0 Å². The summed E-state index contributed by atoms with van der Waals surface area (Å²) in [5, 5.41) is 6.56. The van der Waals surface area contributed by atoms with E-state index in [2.05, 4.69) is 10.6 Å². The molecule has 7 heteroatoms. The summed E-state index contributed by atoms with van der Waals surface area (Å²) in [7, 11) is -0.459. The third-order valence-electron chi connectivity index (χ3n) is 3.44. The molecule has 0 radical (unpaired) electrons. The van der Waals surface area contributed by atoms with E-state index in [9.17, 15) is 8.42 Å². The van der Waals surface area contributed by atoms with Crippen molar-refractivity contribution in [2.75, 3.05) is 19.4 Å². The van der Waals surface area contributed by atoms with Gasteiger partial charge in [0.05, 0.1) is 4.90 Å². The smallest absolute Gasteiger partial charge is 0.242 e. The lowest BCUT2D eigenvalue weighted by atomic mass is 10.1. The zero-order chi connectivity index (χ0) is 17.7. The average molecular weight is 364 g/mol. The molecule has 0 unspecified atom stereocenters. The van der Waals surface area contributed by atoms with Gasteiger partial charge in [-0.3, -0.25) is 0 Å². The largest absolute Gasteiger partial charge is 0.358 e. The summed E-state index contributed by atoms with van der Waals surface area (Å²) in [6, 6.07) is 14.7. The van der Waals surface area contributed by atoms with Crippen LogP contribution in [0.1, 0.15) is 11.1 Å². The van der Waals surface area contributed by atoms with Gasteiger partial charge in [0.1, 0.15) is 0 Å². The van der Waals surface area contributed by atoms with Gasteiger partial charge in [0.2, 0.25) is 10.0 Å². The fraction of sp³-hybridized carbons (Fsp3) is 0.235. The summed E-state index contributed by atoms with van der Waals surface area (Å²) < 4.78 is 25.5. The van der Waals surface area contributed by atoms with Gasteiger partial charge in [-0.1, -0.05) is 35.9 Å². The quantitative estimate of drug-likeness (QED) is 0.800. The number of nitrogens with one attached hydrogen (secondary N) is 2. The summed E-state index contributed by atoms with van der Waals surface area (Å²) >= 11 is 5.27. The van der Waals surface area contributed by atoms with Crippen molar-refractivity contribution in [2.45, 2.75) is 18.4 Å². The van der Waals surface area contributed by atoms with Crippen molar-refractivity contribution in [3.8, 4) is 0 Å². The predicted octanol–water partition coefficient (Wildman–Crippen LogP) is 2.73. The normalized spacial score (nSPS) is 11.3. The van der Waals surface area contributed by atoms with Crippen LogP contribution in [0.5, 0.6) is 0 Å². The number of rotatable bonds is 5. The lowest BCUT2D eigenvalue weighted by molar-refractivity contribution is 0.521. The van der Waals surface area contributed by atoms with Gasteiger partial charge < -0.3 is 10.6 Å². The number of anilines is 1. The number of hydrogen-bond donors (Lipinski definition) is 2. The van der Waals surface area contributed by atoms with Crippen LogP contribution in [0.25, 0.3) is 0 Å². The molecule has 0 amide bonds. The lowest BCUT2D eigenvalue weighted by Gasteiger charge is -2.14. The van der Waals surface area contributed by atoms with Gasteiger partial charge in [-0.05, 0) is 42.9 Å². The molecule has 128 valence electrons. The van der Waals surface area contributed by atoms with Gasteiger partial charge in [0.15, 0.2) is 5.11 Å². The first-order valence-corrected chi connectivity index (χ1v) is 9.27. The molecule has 5 nitrogen and oxygen atoms in total. The number of hydrogen-bond acceptors (Lipinski definition) is 3. The monoisotopic (exact) mass is 363 g/mol. The van der Waals surface area contributed by atoms with Crippen LogP contribution in [0, 0.1) is 6.92 Å². The van der Waals surface area contributed by atoms with Crippen LogP contribution in [-0.2, 0) is 16.6 Å². The van der Waals surface area contributed by atoms with E-state index >= 15 is 0 Å². The fourth-order valence-electron chi connectivity index (χ4n) is 2.01. The van der Waals surface area contributed by atoms with Crippen LogP contribution in [0.15, 0.2) is 53.4 Å². The van der Waals surface area contributed by atoms with Gasteiger partial charge in [-0.25, -0.2) is 12.7 Å². The Balaban J connectivity index is 2.00. The van der Waals surface area contributed by atoms with Crippen molar-refractivity contribution in [3.05, 3.63) is 59.7 Å². The Bertz CT molecular complexity index is 816. The molecule has 0 bridgehead atoms. The molecule has 0 aliphatic carbocycles. The summed E-state index contributed by atoms with van der Waals surface area (Å²) in [6.45, 7) is 2.64. The fourth-order valence-corrected chi connectivity index (χ4v) is 3.15. The van der Waals surface area contributed by atoms with E-state index in [4.69, 9.17) is 12.2 Å². The second-order valence-corrected chi connectivity index (χ2v) is 8.17. The Morgan fingerprint density at radius 3 is 2.42 bits per heavy atom. The highest BCUT2D eigenvalue weighted by Gasteiger charge is 2.17. The van der Waals surface area contributed by atoms with E-state index in [1.807, 2.05) is 31.2 Å². The molecular weight excluding hydrogens is 342 g/mol. The molecule has 2 aromatic carbocycles. The maximum atomic E-state index is 12.2. The highest BCUT2D eigenvalue weighted by atomic mass is 32.2. The highest BCUT2D eigenvalue weighted by Crippen LogP contribution is 2.17. The van der Waals surface area contributed by atoms with Gasteiger partial charge >= 0.3 is 0 Å². The van der Waals surface area contributed by atoms with Crippen LogP contribution < -0.4 is 10.6 Å². The first-order chi connectivity index (χ1) is 11.3. The number of thiocarbonyl (C=S) groups is 1. The van der Waals surface area contributed by atoms with Gasteiger partial charge in [0, 0.05) is 26.3 Å². The summed E-state index contributed by atoms with van der Waals surface area (Å²) in [5.41, 5.74) is 2.95. The van der Waals surface area contributed by atoms with Crippen LogP contribution in [0.3, 0.4) is 0 Å². The van der Waals surface area contributed by atoms with Crippen molar-refractivity contribution < 1.29 is 8.42 Å². The van der Waals surface area contributed by atoms with Crippen LogP contribution in [0.4, 0.5) is 5.69 Å². The molecule has 2 aromatic rings. The first kappa shape index (κ1) is 18.4. The zero-order valence-electron chi connectivity index (χ0n) is 13.9. The van der Waals surface area contributed by atoms with E-state index in [-0.39, 0.29) is 4.90 Å². The Morgan fingerprint density at radius 1 is 1.12 bits per heavy atom. The molecule has 0 aromatic heterocycles. The van der Waals surface area contributed by atoms with Crippen molar-refractivity contribution in [2.24, 2.45) is 0 Å². The van der Waals surface area contributed by atoms with E-state index in [1.54, 1.807) is 24.3 Å². The summed E-state index contributed by atoms with van der Waals surface area (Å²) in [6.07, 6.45) is 0. The van der Waals surface area contributed by atoms with Crippen LogP contribution in [0.2, 0.25) is 0 Å².